The maximum atomic E-state index is 13.1. The predicted molar refractivity (Wildman–Crippen MR) is 340 cm³/mol. The number of amides is 5. The highest BCUT2D eigenvalue weighted by atomic mass is 32.2. The van der Waals surface area contributed by atoms with Crippen molar-refractivity contribution in [3.05, 3.63) is 161 Å². The molecule has 24 nitrogen and oxygen atoms in total. The Morgan fingerprint density at radius 2 is 1.04 bits per heavy atom. The van der Waals surface area contributed by atoms with Crippen molar-refractivity contribution in [1.29, 1.82) is 0 Å². The van der Waals surface area contributed by atoms with E-state index in [-0.39, 0.29) is 50.3 Å². The van der Waals surface area contributed by atoms with Gasteiger partial charge in [-0.1, -0.05) is 103 Å². The van der Waals surface area contributed by atoms with E-state index >= 15 is 0 Å². The van der Waals surface area contributed by atoms with Gasteiger partial charge in [0.1, 0.15) is 24.4 Å². The zero-order valence-corrected chi connectivity index (χ0v) is 52.0. The van der Waals surface area contributed by atoms with Gasteiger partial charge in [0.25, 0.3) is 35.2 Å². The Labute approximate surface area is 534 Å². The van der Waals surface area contributed by atoms with Crippen LogP contribution in [0.1, 0.15) is 87.4 Å². The van der Waals surface area contributed by atoms with Crippen molar-refractivity contribution >= 4 is 65.0 Å². The van der Waals surface area contributed by atoms with E-state index in [1.165, 1.54) is 36.5 Å². The van der Waals surface area contributed by atoms with Crippen LogP contribution in [0.3, 0.4) is 0 Å². The first kappa shape index (κ1) is 70.8. The SMILES string of the molecule is CC(=O)N[C@H]1[C@H]([C@H](O)[C@H](O)CNC(=O)c2ccc(-c3ccccc3)cc2)O[C@@](OCCCSCCNC(=O)c2cccc(C(=O)NCCSCCCO[C@]3(C(=O)O)CC(O)C[C@H]([C@H](O)[C@@H](CNC(=O)c4ccc(-c5ccccc5)cc4)N=O)O3)c2)(C(=O)O)C[C@@H]1C. The number of thioether (sulfide) groups is 2. The second-order valence-corrected chi connectivity index (χ2v) is 24.6. The first-order valence-corrected chi connectivity index (χ1v) is 32.2. The van der Waals surface area contributed by atoms with E-state index < -0.39 is 127 Å². The summed E-state index contributed by atoms with van der Waals surface area (Å²) in [6, 6.07) is 36.5. The summed E-state index contributed by atoms with van der Waals surface area (Å²) in [5.74, 6) is -8.63. The molecule has 0 spiro atoms. The Balaban J connectivity index is 0.769. The monoisotopic (exact) mass is 1290 g/mol. The predicted octanol–water partition coefficient (Wildman–Crippen LogP) is 4.87. The molecular formula is C65H78N6O18S2. The molecule has 2 heterocycles. The highest BCUT2D eigenvalue weighted by Gasteiger charge is 2.55. The summed E-state index contributed by atoms with van der Waals surface area (Å²) in [5, 5.41) is 81.5. The van der Waals surface area contributed by atoms with Crippen molar-refractivity contribution in [3.63, 3.8) is 0 Å². The number of carbonyl (C=O) groups excluding carboxylic acids is 5. The molecule has 1 unspecified atom stereocenters. The molecule has 2 aliphatic heterocycles. The Bertz CT molecular complexity index is 3230. The Morgan fingerprint density at radius 3 is 1.52 bits per heavy atom. The molecule has 2 saturated heterocycles. The molecule has 5 amide bonds. The fraction of sp³-hybridized carbons (Fsp3) is 0.431. The number of aliphatic hydroxyl groups is 4. The van der Waals surface area contributed by atoms with E-state index in [0.717, 1.165) is 22.3 Å². The summed E-state index contributed by atoms with van der Waals surface area (Å²) in [6.07, 6.45) is -9.41. The lowest BCUT2D eigenvalue weighted by Crippen LogP contribution is -2.66. The van der Waals surface area contributed by atoms with E-state index in [1.54, 1.807) is 73.7 Å². The summed E-state index contributed by atoms with van der Waals surface area (Å²) in [4.78, 5) is 102. The molecule has 0 saturated carbocycles. The molecular weight excluding hydrogens is 1220 g/mol. The van der Waals surface area contributed by atoms with Gasteiger partial charge in [0.15, 0.2) is 0 Å². The molecule has 0 aliphatic carbocycles. The standard InChI is InChI=1S/C65H78N6O18S2/c1-40-36-64(62(81)82,89-57(54(40)70-41(2)72)56(76)52(74)39-69-59(78)47-24-20-45(21-25-47)43-14-7-4-8-15-43)86-28-10-30-90-32-26-66-60(79)48-16-9-17-49(34-48)61(80)67-27-33-91-31-11-29-87-65(63(83)84)37-50(73)35-53(88-65)55(75)51(71-85)38-68-58(77)46-22-18-44(19-23-46)42-12-5-3-6-13-42/h3-9,12-25,34,40,50-57,73-76H,10-11,26-33,35-39H2,1-2H3,(H,66,79)(H,67,80)(H,68,77)(H,69,78)(H,70,72)(H,81,82)(H,83,84)/t40-,50?,51+,52+,53+,54+,55+,56+,57+,64+,65+/m0/s1. The van der Waals surface area contributed by atoms with Gasteiger partial charge in [-0.15, -0.1) is 0 Å². The summed E-state index contributed by atoms with van der Waals surface area (Å²) in [5.41, 5.74) is 4.83. The number of carboxylic acid groups (broad SMARTS) is 2. The average Bonchev–Trinajstić information content (AvgIpc) is 1.14. The number of benzene rings is 5. The summed E-state index contributed by atoms with van der Waals surface area (Å²) in [7, 11) is 0. The van der Waals surface area contributed by atoms with Crippen LogP contribution >= 0.6 is 23.5 Å². The molecule has 2 fully saturated rings. The van der Waals surface area contributed by atoms with Crippen LogP contribution in [0.2, 0.25) is 0 Å². The van der Waals surface area contributed by atoms with Crippen LogP contribution in [0.25, 0.3) is 22.3 Å². The van der Waals surface area contributed by atoms with Gasteiger partial charge in [0.05, 0.1) is 37.6 Å². The van der Waals surface area contributed by atoms with Crippen LogP contribution < -0.4 is 26.6 Å². The Hall–Kier alpha value is -7.63. The van der Waals surface area contributed by atoms with Gasteiger partial charge in [-0.3, -0.25) is 24.0 Å². The minimum Gasteiger partial charge on any atom is -0.477 e. The third-order valence-electron chi connectivity index (χ3n) is 15.3. The van der Waals surface area contributed by atoms with E-state index in [4.69, 9.17) is 18.9 Å². The molecule has 0 radical (unpaired) electrons. The van der Waals surface area contributed by atoms with Crippen molar-refractivity contribution < 1.29 is 83.1 Å². The van der Waals surface area contributed by atoms with E-state index in [0.29, 0.717) is 47.0 Å². The number of aliphatic hydroxyl groups excluding tert-OH is 4. The second kappa shape index (κ2) is 34.7. The lowest BCUT2D eigenvalue weighted by atomic mass is 9.83. The quantitative estimate of drug-likeness (QED) is 0.0193. The maximum absolute atomic E-state index is 13.1. The summed E-state index contributed by atoms with van der Waals surface area (Å²) >= 11 is 2.91. The number of nitrogens with one attached hydrogen (secondary N) is 5. The normalized spacial score (nSPS) is 21.8. The Kier molecular flexibility index (Phi) is 27.0. The lowest BCUT2D eigenvalue weighted by molar-refractivity contribution is -0.304. The van der Waals surface area contributed by atoms with E-state index in [2.05, 4.69) is 31.8 Å². The smallest absolute Gasteiger partial charge is 0.364 e. The van der Waals surface area contributed by atoms with Crippen LogP contribution in [0.4, 0.5) is 0 Å². The highest BCUT2D eigenvalue weighted by Crippen LogP contribution is 2.38. The number of rotatable bonds is 34. The molecule has 2 aliphatic rings. The number of nitrogens with zero attached hydrogens (tertiary/aromatic N) is 1. The van der Waals surface area contributed by atoms with Crippen LogP contribution in [0.15, 0.2) is 139 Å². The van der Waals surface area contributed by atoms with Crippen molar-refractivity contribution in [2.45, 2.75) is 106 Å². The zero-order valence-electron chi connectivity index (χ0n) is 50.4. The molecule has 5 aromatic carbocycles. The molecule has 488 valence electrons. The van der Waals surface area contributed by atoms with Gasteiger partial charge in [0, 0.05) is 86.1 Å². The highest BCUT2D eigenvalue weighted by molar-refractivity contribution is 7.99. The summed E-state index contributed by atoms with van der Waals surface area (Å²) < 4.78 is 23.4. The minimum absolute atomic E-state index is 0.0769. The van der Waals surface area contributed by atoms with E-state index in [1.807, 2.05) is 60.7 Å². The third-order valence-corrected chi connectivity index (χ3v) is 17.5. The maximum Gasteiger partial charge on any atom is 0.364 e. The fourth-order valence-electron chi connectivity index (χ4n) is 10.5. The van der Waals surface area contributed by atoms with Crippen LogP contribution in [0, 0.1) is 10.8 Å². The molecule has 11 N–H and O–H groups in total. The van der Waals surface area contributed by atoms with Gasteiger partial charge < -0.3 is 76.2 Å². The minimum atomic E-state index is -2.34. The van der Waals surface area contributed by atoms with Gasteiger partial charge >= 0.3 is 11.9 Å². The number of nitroso groups, excluding NO2 is 1. The number of hydrogen-bond acceptors (Lipinski definition) is 19. The average molecular weight is 1300 g/mol. The number of hydrogen-bond donors (Lipinski definition) is 11. The van der Waals surface area contributed by atoms with Crippen molar-refractivity contribution in [2.75, 3.05) is 62.4 Å². The van der Waals surface area contributed by atoms with Crippen LogP contribution in [-0.4, -0.2) is 195 Å². The first-order chi connectivity index (χ1) is 43.7. The number of ether oxygens (including phenoxy) is 4. The number of aliphatic carboxylic acids is 2. The van der Waals surface area contributed by atoms with Gasteiger partial charge in [0.2, 0.25) is 5.91 Å². The van der Waals surface area contributed by atoms with Crippen molar-refractivity contribution in [1.82, 2.24) is 26.6 Å². The fourth-order valence-corrected chi connectivity index (χ4v) is 12.1. The molecule has 11 atom stereocenters. The largest absolute Gasteiger partial charge is 0.477 e. The molecule has 5 aromatic rings. The van der Waals surface area contributed by atoms with Crippen LogP contribution in [0.5, 0.6) is 0 Å². The molecule has 26 heteroatoms. The number of carboxylic acids is 2. The van der Waals surface area contributed by atoms with Crippen LogP contribution in [-0.2, 0) is 33.3 Å². The third kappa shape index (κ3) is 20.2. The van der Waals surface area contributed by atoms with Crippen molar-refractivity contribution in [2.24, 2.45) is 11.1 Å². The van der Waals surface area contributed by atoms with Gasteiger partial charge in [-0.25, -0.2) is 9.59 Å². The molecule has 7 rings (SSSR count). The Morgan fingerprint density at radius 1 is 0.582 bits per heavy atom. The topological polar surface area (TPSA) is 367 Å². The second-order valence-electron chi connectivity index (χ2n) is 22.1. The zero-order chi connectivity index (χ0) is 65.5. The number of carbonyl (C=O) groups is 7. The first-order valence-electron chi connectivity index (χ1n) is 29.8. The molecule has 0 aromatic heterocycles. The molecule has 0 bridgehead atoms. The molecule has 91 heavy (non-hydrogen) atoms. The van der Waals surface area contributed by atoms with Gasteiger partial charge in [-0.05, 0) is 95.0 Å². The van der Waals surface area contributed by atoms with Crippen molar-refractivity contribution in [3.8, 4) is 22.3 Å². The summed E-state index contributed by atoms with van der Waals surface area (Å²) in [6.45, 7) is 2.43. The van der Waals surface area contributed by atoms with Gasteiger partial charge in [-0.2, -0.15) is 28.4 Å². The lowest BCUT2D eigenvalue weighted by Gasteiger charge is -2.47. The van der Waals surface area contributed by atoms with E-state index in [9.17, 15) is 69.1 Å².